The van der Waals surface area contributed by atoms with Crippen molar-refractivity contribution in [3.8, 4) is 0 Å². The minimum Gasteiger partial charge on any atom is -0.457 e. The molecule has 0 fully saturated rings. The summed E-state index contributed by atoms with van der Waals surface area (Å²) in [5.41, 5.74) is 5.28. The molecule has 1 N–H and O–H groups in total. The van der Waals surface area contributed by atoms with Crippen LogP contribution in [0.5, 0.6) is 0 Å². The molecule has 0 saturated carbocycles. The van der Waals surface area contributed by atoms with Crippen LogP contribution >= 0.6 is 15.9 Å². The van der Waals surface area contributed by atoms with Crippen molar-refractivity contribution in [2.75, 3.05) is 7.05 Å². The molecule has 0 aliphatic heterocycles. The summed E-state index contributed by atoms with van der Waals surface area (Å²) < 4.78 is 6.14. The SMILES string of the molecule is CCc1ccc(C(NC)c2ccoc2Br)cc1CC. The predicted molar refractivity (Wildman–Crippen MR) is 82.5 cm³/mol. The fourth-order valence-electron chi connectivity index (χ4n) is 2.51. The molecule has 0 bridgehead atoms. The van der Waals surface area contributed by atoms with Crippen LogP contribution in [-0.4, -0.2) is 7.05 Å². The molecule has 3 heteroatoms. The van der Waals surface area contributed by atoms with Gasteiger partial charge in [-0.1, -0.05) is 32.0 Å². The van der Waals surface area contributed by atoms with Crippen LogP contribution in [0, 0.1) is 0 Å². The molecular formula is C16H20BrNO. The highest BCUT2D eigenvalue weighted by atomic mass is 79.9. The Morgan fingerprint density at radius 2 is 1.89 bits per heavy atom. The van der Waals surface area contributed by atoms with Crippen molar-refractivity contribution in [3.63, 3.8) is 0 Å². The number of hydrogen-bond donors (Lipinski definition) is 1. The molecule has 1 atom stereocenters. The second-order valence-corrected chi connectivity index (χ2v) is 5.33. The Labute approximate surface area is 123 Å². The Hall–Kier alpha value is -1.06. The summed E-state index contributed by atoms with van der Waals surface area (Å²) >= 11 is 3.46. The van der Waals surface area contributed by atoms with Gasteiger partial charge in [0.1, 0.15) is 0 Å². The summed E-state index contributed by atoms with van der Waals surface area (Å²) in [7, 11) is 1.98. The molecule has 1 unspecified atom stereocenters. The van der Waals surface area contributed by atoms with Crippen molar-refractivity contribution >= 4 is 15.9 Å². The third-order valence-electron chi connectivity index (χ3n) is 3.57. The highest BCUT2D eigenvalue weighted by Crippen LogP contribution is 2.30. The van der Waals surface area contributed by atoms with Crippen LogP contribution in [-0.2, 0) is 12.8 Å². The molecule has 1 heterocycles. The maximum absolute atomic E-state index is 5.35. The first-order chi connectivity index (χ1) is 9.21. The number of benzene rings is 1. The van der Waals surface area contributed by atoms with Gasteiger partial charge in [-0.2, -0.15) is 0 Å². The van der Waals surface area contributed by atoms with Gasteiger partial charge in [0.25, 0.3) is 0 Å². The lowest BCUT2D eigenvalue weighted by Crippen LogP contribution is -2.17. The third kappa shape index (κ3) is 2.93. The second kappa shape index (κ2) is 6.40. The summed E-state index contributed by atoms with van der Waals surface area (Å²) in [4.78, 5) is 0. The molecule has 102 valence electrons. The van der Waals surface area contributed by atoms with Crippen LogP contribution < -0.4 is 5.32 Å². The van der Waals surface area contributed by atoms with Crippen LogP contribution in [0.25, 0.3) is 0 Å². The number of rotatable bonds is 5. The number of furan rings is 1. The number of aryl methyl sites for hydroxylation is 2. The Kier molecular flexibility index (Phi) is 4.83. The monoisotopic (exact) mass is 321 g/mol. The van der Waals surface area contributed by atoms with Crippen molar-refractivity contribution in [1.29, 1.82) is 0 Å². The Morgan fingerprint density at radius 3 is 2.42 bits per heavy atom. The molecule has 19 heavy (non-hydrogen) atoms. The van der Waals surface area contributed by atoms with Gasteiger partial charge in [-0.25, -0.2) is 0 Å². The van der Waals surface area contributed by atoms with Gasteiger partial charge in [0.05, 0.1) is 12.3 Å². The lowest BCUT2D eigenvalue weighted by molar-refractivity contribution is 0.530. The van der Waals surface area contributed by atoms with E-state index in [1.54, 1.807) is 6.26 Å². The van der Waals surface area contributed by atoms with Gasteiger partial charge in [0.2, 0.25) is 0 Å². The summed E-state index contributed by atoms with van der Waals surface area (Å²) in [6.45, 7) is 4.41. The van der Waals surface area contributed by atoms with Crippen LogP contribution in [0.4, 0.5) is 0 Å². The highest BCUT2D eigenvalue weighted by molar-refractivity contribution is 9.10. The van der Waals surface area contributed by atoms with Gasteiger partial charge in [0.15, 0.2) is 4.67 Å². The van der Waals surface area contributed by atoms with Gasteiger partial charge in [-0.3, -0.25) is 0 Å². The fraction of sp³-hybridized carbons (Fsp3) is 0.375. The van der Waals surface area contributed by atoms with E-state index in [1.165, 1.54) is 16.7 Å². The number of halogens is 1. The first-order valence-corrected chi connectivity index (χ1v) is 7.52. The van der Waals surface area contributed by atoms with E-state index in [1.807, 2.05) is 13.1 Å². The molecule has 0 spiro atoms. The molecule has 0 radical (unpaired) electrons. The van der Waals surface area contributed by atoms with Gasteiger partial charge < -0.3 is 9.73 Å². The highest BCUT2D eigenvalue weighted by Gasteiger charge is 2.17. The minimum atomic E-state index is 0.157. The van der Waals surface area contributed by atoms with Gasteiger partial charge in [-0.05, 0) is 58.6 Å². The zero-order valence-electron chi connectivity index (χ0n) is 11.7. The average molecular weight is 322 g/mol. The van der Waals surface area contributed by atoms with Gasteiger partial charge in [-0.15, -0.1) is 0 Å². The summed E-state index contributed by atoms with van der Waals surface area (Å²) in [5, 5.41) is 3.36. The van der Waals surface area contributed by atoms with Crippen LogP contribution in [0.1, 0.15) is 42.1 Å². The number of nitrogens with one attached hydrogen (secondary N) is 1. The van der Waals surface area contributed by atoms with E-state index in [2.05, 4.69) is 53.3 Å². The zero-order valence-corrected chi connectivity index (χ0v) is 13.3. The van der Waals surface area contributed by atoms with Crippen molar-refractivity contribution < 1.29 is 4.42 Å². The largest absolute Gasteiger partial charge is 0.457 e. The van der Waals surface area contributed by atoms with Crippen molar-refractivity contribution in [1.82, 2.24) is 5.32 Å². The minimum absolute atomic E-state index is 0.157. The Balaban J connectivity index is 2.42. The molecular weight excluding hydrogens is 302 g/mol. The van der Waals surface area contributed by atoms with E-state index < -0.39 is 0 Å². The molecule has 0 aliphatic carbocycles. The molecule has 1 aromatic heterocycles. The maximum Gasteiger partial charge on any atom is 0.174 e. The van der Waals surface area contributed by atoms with Crippen LogP contribution in [0.15, 0.2) is 39.6 Å². The van der Waals surface area contributed by atoms with Crippen LogP contribution in [0.2, 0.25) is 0 Å². The average Bonchev–Trinajstić information content (AvgIpc) is 2.86. The zero-order chi connectivity index (χ0) is 13.8. The summed E-state index contributed by atoms with van der Waals surface area (Å²) in [6.07, 6.45) is 3.87. The molecule has 0 saturated heterocycles. The third-order valence-corrected chi connectivity index (χ3v) is 4.22. The standard InChI is InChI=1S/C16H20BrNO/c1-4-11-6-7-13(10-12(11)5-2)15(18-3)14-8-9-19-16(14)17/h6-10,15,18H,4-5H2,1-3H3. The molecule has 0 amide bonds. The topological polar surface area (TPSA) is 25.2 Å². The number of hydrogen-bond acceptors (Lipinski definition) is 2. The fourth-order valence-corrected chi connectivity index (χ4v) is 2.98. The van der Waals surface area contributed by atoms with Gasteiger partial charge >= 0.3 is 0 Å². The van der Waals surface area contributed by atoms with Crippen molar-refractivity contribution in [2.24, 2.45) is 0 Å². The molecule has 2 rings (SSSR count). The van der Waals surface area contributed by atoms with Crippen molar-refractivity contribution in [3.05, 3.63) is 57.5 Å². The van der Waals surface area contributed by atoms with Crippen LogP contribution in [0.3, 0.4) is 0 Å². The Morgan fingerprint density at radius 1 is 1.16 bits per heavy atom. The Bertz CT molecular complexity index is 547. The lowest BCUT2D eigenvalue weighted by Gasteiger charge is -2.18. The lowest BCUT2D eigenvalue weighted by atomic mass is 9.94. The second-order valence-electron chi connectivity index (χ2n) is 4.61. The summed E-state index contributed by atoms with van der Waals surface area (Å²) in [6, 6.07) is 8.92. The van der Waals surface area contributed by atoms with E-state index >= 15 is 0 Å². The quantitative estimate of drug-likeness (QED) is 0.878. The first-order valence-electron chi connectivity index (χ1n) is 6.73. The molecule has 1 aromatic carbocycles. The normalized spacial score (nSPS) is 12.6. The summed E-state index contributed by atoms with van der Waals surface area (Å²) in [5.74, 6) is 0. The maximum atomic E-state index is 5.35. The first kappa shape index (κ1) is 14.4. The van der Waals surface area contributed by atoms with E-state index in [0.717, 1.165) is 23.1 Å². The van der Waals surface area contributed by atoms with E-state index in [-0.39, 0.29) is 6.04 Å². The van der Waals surface area contributed by atoms with Crippen molar-refractivity contribution in [2.45, 2.75) is 32.7 Å². The predicted octanol–water partition coefficient (Wildman–Crippen LogP) is 4.48. The van der Waals surface area contributed by atoms with E-state index in [9.17, 15) is 0 Å². The van der Waals surface area contributed by atoms with E-state index in [0.29, 0.717) is 0 Å². The van der Waals surface area contributed by atoms with Gasteiger partial charge in [0, 0.05) is 5.56 Å². The molecule has 2 nitrogen and oxygen atoms in total. The van der Waals surface area contributed by atoms with E-state index in [4.69, 9.17) is 4.42 Å². The molecule has 2 aromatic rings. The molecule has 0 aliphatic rings. The smallest absolute Gasteiger partial charge is 0.174 e.